The molecule has 1 aromatic heterocycles. The number of nitrogens with zero attached hydrogens (tertiary/aromatic N) is 1. The molecule has 1 saturated heterocycles. The molecular formula is C15H26N2O. The van der Waals surface area contributed by atoms with E-state index < -0.39 is 0 Å². The first-order valence-electron chi connectivity index (χ1n) is 6.91. The van der Waals surface area contributed by atoms with Crippen molar-refractivity contribution < 1.29 is 4.42 Å². The molecule has 0 bridgehead atoms. The molecule has 1 atom stereocenters. The number of furan rings is 1. The van der Waals surface area contributed by atoms with Crippen molar-refractivity contribution >= 4 is 0 Å². The lowest BCUT2D eigenvalue weighted by atomic mass is 9.83. The van der Waals surface area contributed by atoms with E-state index in [1.165, 1.54) is 5.56 Å². The van der Waals surface area contributed by atoms with Gasteiger partial charge in [-0.25, -0.2) is 0 Å². The fourth-order valence-electron chi connectivity index (χ4n) is 2.83. The van der Waals surface area contributed by atoms with Crippen LogP contribution in [0.1, 0.15) is 43.9 Å². The summed E-state index contributed by atoms with van der Waals surface area (Å²) in [5.74, 6) is 2.17. The van der Waals surface area contributed by atoms with Crippen LogP contribution in [0.2, 0.25) is 0 Å². The zero-order valence-electron chi connectivity index (χ0n) is 12.3. The van der Waals surface area contributed by atoms with E-state index in [0.717, 1.165) is 37.7 Å². The summed E-state index contributed by atoms with van der Waals surface area (Å²) in [6.07, 6.45) is 0. The first-order valence-corrected chi connectivity index (χ1v) is 6.91. The van der Waals surface area contributed by atoms with Crippen LogP contribution in [0.5, 0.6) is 0 Å². The smallest absolute Gasteiger partial charge is 0.122 e. The van der Waals surface area contributed by atoms with Gasteiger partial charge in [0, 0.05) is 26.2 Å². The lowest BCUT2D eigenvalue weighted by molar-refractivity contribution is 0.0690. The minimum Gasteiger partial charge on any atom is -0.464 e. The highest BCUT2D eigenvalue weighted by Gasteiger charge is 2.35. The minimum absolute atomic E-state index is 0.189. The molecule has 1 fully saturated rings. The van der Waals surface area contributed by atoms with Gasteiger partial charge in [-0.3, -0.25) is 4.90 Å². The average molecular weight is 250 g/mol. The molecule has 0 radical (unpaired) electrons. The van der Waals surface area contributed by atoms with Gasteiger partial charge in [-0.05, 0) is 30.9 Å². The van der Waals surface area contributed by atoms with Crippen LogP contribution < -0.4 is 5.32 Å². The number of aryl methyl sites for hydroxylation is 2. The average Bonchev–Trinajstić information content (AvgIpc) is 2.58. The van der Waals surface area contributed by atoms with Gasteiger partial charge in [0.2, 0.25) is 0 Å². The number of hydrogen-bond donors (Lipinski definition) is 1. The number of hydrogen-bond acceptors (Lipinski definition) is 3. The Hall–Kier alpha value is -0.800. The van der Waals surface area contributed by atoms with Crippen LogP contribution in [-0.2, 0) is 0 Å². The highest BCUT2D eigenvalue weighted by Crippen LogP contribution is 2.39. The molecule has 1 aromatic rings. The second-order valence-corrected chi connectivity index (χ2v) is 6.44. The summed E-state index contributed by atoms with van der Waals surface area (Å²) in [6.45, 7) is 15.4. The summed E-state index contributed by atoms with van der Waals surface area (Å²) in [5, 5.41) is 3.42. The van der Waals surface area contributed by atoms with E-state index >= 15 is 0 Å². The molecule has 0 aliphatic carbocycles. The van der Waals surface area contributed by atoms with Crippen molar-refractivity contribution in [3.63, 3.8) is 0 Å². The number of nitrogens with one attached hydrogen (secondary N) is 1. The third-order valence-corrected chi connectivity index (χ3v) is 3.79. The van der Waals surface area contributed by atoms with Crippen LogP contribution >= 0.6 is 0 Å². The van der Waals surface area contributed by atoms with E-state index in [0.29, 0.717) is 6.04 Å². The predicted octanol–water partition coefficient (Wildman–Crippen LogP) is 2.89. The highest BCUT2D eigenvalue weighted by molar-refractivity contribution is 5.22. The second kappa shape index (κ2) is 5.06. The Balaban J connectivity index is 2.30. The van der Waals surface area contributed by atoms with Crippen LogP contribution in [0.15, 0.2) is 10.5 Å². The fraction of sp³-hybridized carbons (Fsp3) is 0.733. The summed E-state index contributed by atoms with van der Waals surface area (Å²) in [4.78, 5) is 2.55. The molecule has 2 heterocycles. The zero-order chi connectivity index (χ0) is 13.3. The van der Waals surface area contributed by atoms with Crippen molar-refractivity contribution in [2.45, 2.75) is 40.7 Å². The van der Waals surface area contributed by atoms with Crippen molar-refractivity contribution in [1.29, 1.82) is 0 Å². The summed E-state index contributed by atoms with van der Waals surface area (Å²) in [6, 6.07) is 2.58. The van der Waals surface area contributed by atoms with Crippen molar-refractivity contribution in [2.24, 2.45) is 5.41 Å². The van der Waals surface area contributed by atoms with Crippen LogP contribution in [0, 0.1) is 19.3 Å². The Morgan fingerprint density at radius 2 is 1.83 bits per heavy atom. The first kappa shape index (κ1) is 13.6. The van der Waals surface area contributed by atoms with Crippen molar-refractivity contribution in [1.82, 2.24) is 10.2 Å². The van der Waals surface area contributed by atoms with Gasteiger partial charge in [0.15, 0.2) is 0 Å². The fourth-order valence-corrected chi connectivity index (χ4v) is 2.83. The Labute approximate surface area is 111 Å². The standard InChI is InChI=1S/C15H26N2O/c1-11-10-13(18-12(11)2)14(15(3,4)5)17-8-6-16-7-9-17/h10,14,16H,6-9H2,1-5H3/t14-/m1/s1. The zero-order valence-corrected chi connectivity index (χ0v) is 12.3. The van der Waals surface area contributed by atoms with Crippen molar-refractivity contribution in [3.8, 4) is 0 Å². The quantitative estimate of drug-likeness (QED) is 0.875. The van der Waals surface area contributed by atoms with E-state index in [1.54, 1.807) is 0 Å². The first-order chi connectivity index (χ1) is 8.39. The summed E-state index contributed by atoms with van der Waals surface area (Å²) in [7, 11) is 0. The Bertz CT molecular complexity index is 378. The minimum atomic E-state index is 0.189. The van der Waals surface area contributed by atoms with Gasteiger partial charge in [-0.2, -0.15) is 0 Å². The maximum atomic E-state index is 5.99. The molecule has 1 N–H and O–H groups in total. The summed E-state index contributed by atoms with van der Waals surface area (Å²) in [5.41, 5.74) is 1.45. The van der Waals surface area contributed by atoms with Crippen molar-refractivity contribution in [2.75, 3.05) is 26.2 Å². The molecule has 0 aromatic carbocycles. The normalized spacial score (nSPS) is 20.1. The van der Waals surface area contributed by atoms with E-state index in [-0.39, 0.29) is 5.41 Å². The molecular weight excluding hydrogens is 224 g/mol. The van der Waals surface area contributed by atoms with Gasteiger partial charge in [0.05, 0.1) is 6.04 Å². The van der Waals surface area contributed by atoms with Crippen LogP contribution in [-0.4, -0.2) is 31.1 Å². The highest BCUT2D eigenvalue weighted by atomic mass is 16.3. The van der Waals surface area contributed by atoms with E-state index in [1.807, 2.05) is 0 Å². The van der Waals surface area contributed by atoms with Gasteiger partial charge in [-0.15, -0.1) is 0 Å². The summed E-state index contributed by atoms with van der Waals surface area (Å²) < 4.78 is 5.99. The van der Waals surface area contributed by atoms with Crippen LogP contribution in [0.3, 0.4) is 0 Å². The molecule has 0 spiro atoms. The Morgan fingerprint density at radius 1 is 1.22 bits per heavy atom. The number of piperazine rings is 1. The van der Waals surface area contributed by atoms with E-state index in [9.17, 15) is 0 Å². The summed E-state index contributed by atoms with van der Waals surface area (Å²) >= 11 is 0. The Morgan fingerprint density at radius 3 is 2.28 bits per heavy atom. The third-order valence-electron chi connectivity index (χ3n) is 3.79. The van der Waals surface area contributed by atoms with Gasteiger partial charge in [0.25, 0.3) is 0 Å². The topological polar surface area (TPSA) is 28.4 Å². The molecule has 1 aliphatic rings. The molecule has 102 valence electrons. The predicted molar refractivity (Wildman–Crippen MR) is 74.8 cm³/mol. The van der Waals surface area contributed by atoms with Gasteiger partial charge in [-0.1, -0.05) is 20.8 Å². The second-order valence-electron chi connectivity index (χ2n) is 6.44. The SMILES string of the molecule is Cc1cc([C@@H](N2CCNCC2)C(C)(C)C)oc1C. The number of rotatable bonds is 2. The molecule has 0 unspecified atom stereocenters. The van der Waals surface area contributed by atoms with E-state index in [4.69, 9.17) is 4.42 Å². The molecule has 3 nitrogen and oxygen atoms in total. The van der Waals surface area contributed by atoms with Gasteiger partial charge in [0.1, 0.15) is 11.5 Å². The molecule has 3 heteroatoms. The van der Waals surface area contributed by atoms with E-state index in [2.05, 4.69) is 50.9 Å². The molecule has 18 heavy (non-hydrogen) atoms. The lowest BCUT2D eigenvalue weighted by Crippen LogP contribution is -2.48. The maximum Gasteiger partial charge on any atom is 0.122 e. The monoisotopic (exact) mass is 250 g/mol. The van der Waals surface area contributed by atoms with Gasteiger partial charge >= 0.3 is 0 Å². The van der Waals surface area contributed by atoms with Crippen LogP contribution in [0.4, 0.5) is 0 Å². The molecule has 0 amide bonds. The largest absolute Gasteiger partial charge is 0.464 e. The molecule has 2 rings (SSSR count). The maximum absolute atomic E-state index is 5.99. The lowest BCUT2D eigenvalue weighted by Gasteiger charge is -2.41. The van der Waals surface area contributed by atoms with Gasteiger partial charge < -0.3 is 9.73 Å². The Kier molecular flexibility index (Phi) is 3.83. The molecule has 0 saturated carbocycles. The molecule has 1 aliphatic heterocycles. The van der Waals surface area contributed by atoms with Crippen molar-refractivity contribution in [3.05, 3.63) is 23.2 Å². The van der Waals surface area contributed by atoms with Crippen LogP contribution in [0.25, 0.3) is 0 Å². The third kappa shape index (κ3) is 2.78.